The second kappa shape index (κ2) is 8.28. The minimum atomic E-state index is 0.406. The number of aryl methyl sites for hydroxylation is 1. The van der Waals surface area contributed by atoms with E-state index in [1.807, 2.05) is 66.9 Å². The lowest BCUT2D eigenvalue weighted by Crippen LogP contribution is -2.00. The Hall–Kier alpha value is -3.10. The smallest absolute Gasteiger partial charge is 0.129 e. The Morgan fingerprint density at radius 3 is 2.46 bits per heavy atom. The van der Waals surface area contributed by atoms with Gasteiger partial charge in [-0.15, -0.1) is 0 Å². The lowest BCUT2D eigenvalue weighted by Gasteiger charge is -2.13. The average Bonchev–Trinajstić information content (AvgIpc) is 2.73. The van der Waals surface area contributed by atoms with Crippen LogP contribution in [-0.2, 0) is 6.61 Å². The summed E-state index contributed by atoms with van der Waals surface area (Å²) in [6.07, 6.45) is 1.90. The highest BCUT2D eigenvalue weighted by Crippen LogP contribution is 2.29. The van der Waals surface area contributed by atoms with Crippen molar-refractivity contribution >= 4 is 34.3 Å². The molecule has 0 bridgehead atoms. The van der Waals surface area contributed by atoms with E-state index in [-0.39, 0.29) is 0 Å². The van der Waals surface area contributed by atoms with Gasteiger partial charge in [-0.1, -0.05) is 78.3 Å². The summed E-state index contributed by atoms with van der Waals surface area (Å²) in [5, 5.41) is 2.97. The average molecular weight is 386 g/mol. The second-order valence-corrected chi connectivity index (χ2v) is 7.03. The summed E-state index contributed by atoms with van der Waals surface area (Å²) in [7, 11) is 0. The van der Waals surface area contributed by atoms with Gasteiger partial charge in [0.05, 0.1) is 5.69 Å². The van der Waals surface area contributed by atoms with Gasteiger partial charge in [0, 0.05) is 22.4 Å². The third-order valence-electron chi connectivity index (χ3n) is 4.72. The fraction of sp³-hybridized carbons (Fsp3) is 0.0800. The van der Waals surface area contributed by atoms with E-state index < -0.39 is 0 Å². The Labute approximate surface area is 170 Å². The standard InChI is InChI=1S/C25H20ClNO/c1-18-8-2-7-13-24(18)27-16-22-21-11-5-3-9-19(21)14-15-25(22)28-17-20-10-4-6-12-23(20)26/h2-16H,17H2,1H3. The van der Waals surface area contributed by atoms with Gasteiger partial charge in [-0.2, -0.15) is 0 Å². The lowest BCUT2D eigenvalue weighted by atomic mass is 10.0. The Morgan fingerprint density at radius 1 is 0.857 bits per heavy atom. The number of fused-ring (bicyclic) bond motifs is 1. The highest BCUT2D eigenvalue weighted by molar-refractivity contribution is 6.31. The van der Waals surface area contributed by atoms with Gasteiger partial charge in [0.2, 0.25) is 0 Å². The summed E-state index contributed by atoms with van der Waals surface area (Å²) in [5.74, 6) is 0.788. The van der Waals surface area contributed by atoms with Gasteiger partial charge >= 0.3 is 0 Å². The van der Waals surface area contributed by atoms with Gasteiger partial charge in [0.15, 0.2) is 0 Å². The zero-order valence-electron chi connectivity index (χ0n) is 15.6. The molecule has 4 rings (SSSR count). The summed E-state index contributed by atoms with van der Waals surface area (Å²) in [4.78, 5) is 4.73. The first-order valence-electron chi connectivity index (χ1n) is 9.20. The molecule has 0 spiro atoms. The topological polar surface area (TPSA) is 21.6 Å². The number of rotatable bonds is 5. The van der Waals surface area contributed by atoms with Crippen LogP contribution >= 0.6 is 11.6 Å². The van der Waals surface area contributed by atoms with Crippen LogP contribution in [0.2, 0.25) is 5.02 Å². The predicted molar refractivity (Wildman–Crippen MR) is 118 cm³/mol. The van der Waals surface area contributed by atoms with Gasteiger partial charge in [-0.25, -0.2) is 0 Å². The molecular formula is C25H20ClNO. The normalized spacial score (nSPS) is 11.2. The number of para-hydroxylation sites is 1. The van der Waals surface area contributed by atoms with Crippen molar-refractivity contribution < 1.29 is 4.74 Å². The molecule has 0 saturated heterocycles. The van der Waals surface area contributed by atoms with Crippen molar-refractivity contribution in [2.75, 3.05) is 0 Å². The van der Waals surface area contributed by atoms with Gasteiger partial charge in [-0.3, -0.25) is 4.99 Å². The van der Waals surface area contributed by atoms with E-state index in [1.54, 1.807) is 0 Å². The largest absolute Gasteiger partial charge is 0.488 e. The molecule has 4 aromatic carbocycles. The zero-order valence-corrected chi connectivity index (χ0v) is 16.4. The Kier molecular flexibility index (Phi) is 5.41. The van der Waals surface area contributed by atoms with Crippen LogP contribution in [0.15, 0.2) is 89.9 Å². The first-order chi connectivity index (χ1) is 13.7. The molecule has 0 aliphatic rings. The zero-order chi connectivity index (χ0) is 19.3. The van der Waals surface area contributed by atoms with Gasteiger partial charge in [0.25, 0.3) is 0 Å². The lowest BCUT2D eigenvalue weighted by molar-refractivity contribution is 0.306. The molecule has 0 aromatic heterocycles. The van der Waals surface area contributed by atoms with E-state index in [1.165, 1.54) is 0 Å². The Balaban J connectivity index is 1.73. The van der Waals surface area contributed by atoms with Crippen molar-refractivity contribution in [2.45, 2.75) is 13.5 Å². The maximum atomic E-state index is 6.28. The number of benzene rings is 4. The minimum absolute atomic E-state index is 0.406. The maximum absolute atomic E-state index is 6.28. The van der Waals surface area contributed by atoms with Gasteiger partial charge < -0.3 is 4.74 Å². The summed E-state index contributed by atoms with van der Waals surface area (Å²) < 4.78 is 6.16. The molecule has 0 N–H and O–H groups in total. The van der Waals surface area contributed by atoms with E-state index in [0.29, 0.717) is 11.6 Å². The third-order valence-corrected chi connectivity index (χ3v) is 5.09. The molecule has 0 heterocycles. The number of aliphatic imine (C=N–C) groups is 1. The van der Waals surface area contributed by atoms with Gasteiger partial charge in [0.1, 0.15) is 12.4 Å². The van der Waals surface area contributed by atoms with E-state index >= 15 is 0 Å². The van der Waals surface area contributed by atoms with E-state index in [9.17, 15) is 0 Å². The number of halogens is 1. The van der Waals surface area contributed by atoms with Crippen LogP contribution < -0.4 is 4.74 Å². The molecule has 28 heavy (non-hydrogen) atoms. The predicted octanol–water partition coefficient (Wildman–Crippen LogP) is 7.13. The molecule has 4 aromatic rings. The molecule has 2 nitrogen and oxygen atoms in total. The van der Waals surface area contributed by atoms with Gasteiger partial charge in [-0.05, 0) is 41.5 Å². The third kappa shape index (κ3) is 3.92. The van der Waals surface area contributed by atoms with Crippen LogP contribution in [0.4, 0.5) is 5.69 Å². The number of nitrogens with zero attached hydrogens (tertiary/aromatic N) is 1. The Morgan fingerprint density at radius 2 is 1.61 bits per heavy atom. The highest BCUT2D eigenvalue weighted by atomic mass is 35.5. The van der Waals surface area contributed by atoms with Crippen molar-refractivity contribution in [2.24, 2.45) is 4.99 Å². The number of hydrogen-bond donors (Lipinski definition) is 0. The second-order valence-electron chi connectivity index (χ2n) is 6.62. The monoisotopic (exact) mass is 385 g/mol. The first-order valence-corrected chi connectivity index (χ1v) is 9.58. The molecule has 0 saturated carbocycles. The quantitative estimate of drug-likeness (QED) is 0.335. The van der Waals surface area contributed by atoms with E-state index in [2.05, 4.69) is 31.2 Å². The number of hydrogen-bond acceptors (Lipinski definition) is 2. The SMILES string of the molecule is Cc1ccccc1N=Cc1c(OCc2ccccc2Cl)ccc2ccccc12. The molecule has 0 aliphatic heterocycles. The first kappa shape index (κ1) is 18.3. The van der Waals surface area contributed by atoms with Crippen LogP contribution in [0.5, 0.6) is 5.75 Å². The fourth-order valence-corrected chi connectivity index (χ4v) is 3.34. The van der Waals surface area contributed by atoms with Crippen molar-refractivity contribution in [1.29, 1.82) is 0 Å². The summed E-state index contributed by atoms with van der Waals surface area (Å²) in [6.45, 7) is 2.47. The minimum Gasteiger partial charge on any atom is -0.488 e. The number of ether oxygens (including phenoxy) is 1. The summed E-state index contributed by atoms with van der Waals surface area (Å²) in [6, 6.07) is 28.2. The fourth-order valence-electron chi connectivity index (χ4n) is 3.15. The van der Waals surface area contributed by atoms with E-state index in [0.717, 1.165) is 38.9 Å². The van der Waals surface area contributed by atoms with Crippen LogP contribution in [-0.4, -0.2) is 6.21 Å². The molecule has 0 fully saturated rings. The molecule has 0 aliphatic carbocycles. The van der Waals surface area contributed by atoms with Crippen LogP contribution in [0.3, 0.4) is 0 Å². The molecular weight excluding hydrogens is 366 g/mol. The summed E-state index contributed by atoms with van der Waals surface area (Å²) in [5.41, 5.74) is 4.01. The van der Waals surface area contributed by atoms with Crippen molar-refractivity contribution in [3.8, 4) is 5.75 Å². The van der Waals surface area contributed by atoms with Crippen LogP contribution in [0.25, 0.3) is 10.8 Å². The molecule has 138 valence electrons. The maximum Gasteiger partial charge on any atom is 0.129 e. The molecule has 0 radical (unpaired) electrons. The van der Waals surface area contributed by atoms with Crippen molar-refractivity contribution in [1.82, 2.24) is 0 Å². The molecule has 0 unspecified atom stereocenters. The van der Waals surface area contributed by atoms with Crippen molar-refractivity contribution in [3.05, 3.63) is 107 Å². The van der Waals surface area contributed by atoms with Crippen LogP contribution in [0.1, 0.15) is 16.7 Å². The van der Waals surface area contributed by atoms with Crippen LogP contribution in [0, 0.1) is 6.92 Å². The molecule has 0 amide bonds. The molecule has 0 atom stereocenters. The highest BCUT2D eigenvalue weighted by Gasteiger charge is 2.09. The molecule has 3 heteroatoms. The Bertz CT molecular complexity index is 1150. The van der Waals surface area contributed by atoms with E-state index in [4.69, 9.17) is 21.3 Å². The van der Waals surface area contributed by atoms with Crippen molar-refractivity contribution in [3.63, 3.8) is 0 Å². The summed E-state index contributed by atoms with van der Waals surface area (Å²) >= 11 is 6.28.